The van der Waals surface area contributed by atoms with Crippen LogP contribution >= 0.6 is 0 Å². The Labute approximate surface area is 181 Å². The Morgan fingerprint density at radius 1 is 0.742 bits per heavy atom. The molecule has 0 N–H and O–H groups in total. The molecule has 0 aliphatic rings. The molecule has 3 aromatic carbocycles. The van der Waals surface area contributed by atoms with Crippen LogP contribution in [0.4, 0.5) is 0 Å². The third kappa shape index (κ3) is 5.79. The second-order valence-electron chi connectivity index (χ2n) is 7.03. The molecule has 3 rings (SSSR count). The number of benzene rings is 3. The monoisotopic (exact) mass is 438 g/mol. The van der Waals surface area contributed by atoms with Gasteiger partial charge in [0.2, 0.25) is 0 Å². The smallest absolute Gasteiger partial charge is 0.338 e. The number of carbonyl (C=O) groups excluding carboxylic acids is 2. The van der Waals surface area contributed by atoms with Crippen molar-refractivity contribution in [3.05, 3.63) is 101 Å². The number of ether oxygens (including phenoxy) is 2. The molecule has 0 saturated heterocycles. The van der Waals surface area contributed by atoms with Gasteiger partial charge in [-0.3, -0.25) is 0 Å². The number of rotatable bonds is 7. The Morgan fingerprint density at radius 2 is 1.26 bits per heavy atom. The summed E-state index contributed by atoms with van der Waals surface area (Å²) in [6.45, 7) is 1.94. The van der Waals surface area contributed by atoms with Crippen molar-refractivity contribution >= 4 is 21.8 Å². The molecule has 0 radical (unpaired) electrons. The van der Waals surface area contributed by atoms with Gasteiger partial charge in [-0.25, -0.2) is 18.0 Å². The fraction of sp³-hybridized carbons (Fsp3) is 0.167. The molecule has 0 aromatic heterocycles. The maximum absolute atomic E-state index is 12.6. The SMILES string of the molecule is COC(=O)c1ccc(COC(=O)c2ccc(CS(=O)(=O)c3ccc(C)cc3)cc2)cc1. The van der Waals surface area contributed by atoms with E-state index in [-0.39, 0.29) is 17.3 Å². The first kappa shape index (κ1) is 22.2. The van der Waals surface area contributed by atoms with Gasteiger partial charge in [-0.1, -0.05) is 42.0 Å². The van der Waals surface area contributed by atoms with Crippen LogP contribution in [0, 0.1) is 6.92 Å². The quantitative estimate of drug-likeness (QED) is 0.516. The van der Waals surface area contributed by atoms with E-state index in [1.165, 1.54) is 7.11 Å². The van der Waals surface area contributed by atoms with Crippen molar-refractivity contribution in [3.63, 3.8) is 0 Å². The minimum atomic E-state index is -3.47. The van der Waals surface area contributed by atoms with Crippen LogP contribution in [0.1, 0.15) is 37.4 Å². The van der Waals surface area contributed by atoms with Crippen molar-refractivity contribution in [3.8, 4) is 0 Å². The van der Waals surface area contributed by atoms with E-state index in [1.807, 2.05) is 6.92 Å². The molecule has 0 aliphatic heterocycles. The summed E-state index contributed by atoms with van der Waals surface area (Å²) >= 11 is 0. The Bertz CT molecular complexity index is 1160. The van der Waals surface area contributed by atoms with E-state index in [4.69, 9.17) is 4.74 Å². The highest BCUT2D eigenvalue weighted by Gasteiger charge is 2.16. The average molecular weight is 439 g/mol. The van der Waals surface area contributed by atoms with Gasteiger partial charge in [0.05, 0.1) is 28.9 Å². The number of sulfone groups is 1. The van der Waals surface area contributed by atoms with E-state index in [9.17, 15) is 18.0 Å². The van der Waals surface area contributed by atoms with Gasteiger partial charge in [-0.15, -0.1) is 0 Å². The standard InChI is InChI=1S/C24H22O6S/c1-17-3-13-22(14-4-17)31(27,28)16-19-7-11-21(12-8-19)24(26)30-15-18-5-9-20(10-6-18)23(25)29-2/h3-14H,15-16H2,1-2H3. The largest absolute Gasteiger partial charge is 0.465 e. The molecule has 0 unspecified atom stereocenters. The number of aryl methyl sites for hydroxylation is 1. The summed E-state index contributed by atoms with van der Waals surface area (Å²) in [7, 11) is -2.16. The molecule has 6 nitrogen and oxygen atoms in total. The van der Waals surface area contributed by atoms with Gasteiger partial charge >= 0.3 is 11.9 Å². The van der Waals surface area contributed by atoms with E-state index in [2.05, 4.69) is 4.74 Å². The van der Waals surface area contributed by atoms with Gasteiger partial charge in [0.25, 0.3) is 0 Å². The third-order valence-electron chi connectivity index (χ3n) is 4.67. The lowest BCUT2D eigenvalue weighted by molar-refractivity contribution is 0.0471. The molecule has 0 heterocycles. The lowest BCUT2D eigenvalue weighted by Gasteiger charge is -2.08. The molecular weight excluding hydrogens is 416 g/mol. The lowest BCUT2D eigenvalue weighted by atomic mass is 10.1. The summed E-state index contributed by atoms with van der Waals surface area (Å²) in [6.07, 6.45) is 0. The minimum Gasteiger partial charge on any atom is -0.465 e. The van der Waals surface area contributed by atoms with Crippen LogP contribution in [0.3, 0.4) is 0 Å². The molecule has 3 aromatic rings. The van der Waals surface area contributed by atoms with Crippen LogP contribution in [0.2, 0.25) is 0 Å². The third-order valence-corrected chi connectivity index (χ3v) is 6.38. The van der Waals surface area contributed by atoms with E-state index in [1.54, 1.807) is 72.8 Å². The number of hydrogen-bond acceptors (Lipinski definition) is 6. The van der Waals surface area contributed by atoms with Crippen LogP contribution < -0.4 is 0 Å². The van der Waals surface area contributed by atoms with E-state index in [0.29, 0.717) is 16.7 Å². The first-order chi connectivity index (χ1) is 14.8. The molecule has 0 fully saturated rings. The maximum Gasteiger partial charge on any atom is 0.338 e. The molecular formula is C24H22O6S. The molecule has 0 spiro atoms. The summed E-state index contributed by atoms with van der Waals surface area (Å²) < 4.78 is 35.0. The second-order valence-corrected chi connectivity index (χ2v) is 9.02. The highest BCUT2D eigenvalue weighted by molar-refractivity contribution is 7.90. The fourth-order valence-electron chi connectivity index (χ4n) is 2.87. The van der Waals surface area contributed by atoms with Crippen molar-refractivity contribution in [1.29, 1.82) is 0 Å². The Hall–Kier alpha value is -3.45. The summed E-state index contributed by atoms with van der Waals surface area (Å²) in [5.74, 6) is -1.12. The minimum absolute atomic E-state index is 0.0455. The van der Waals surface area contributed by atoms with Gasteiger partial charge in [-0.2, -0.15) is 0 Å². The summed E-state index contributed by atoms with van der Waals surface area (Å²) in [5, 5.41) is 0. The Kier molecular flexibility index (Phi) is 6.87. The van der Waals surface area contributed by atoms with Crippen LogP contribution in [-0.2, 0) is 31.7 Å². The van der Waals surface area contributed by atoms with Gasteiger partial charge in [-0.05, 0) is 54.4 Å². The predicted molar refractivity (Wildman–Crippen MR) is 115 cm³/mol. The highest BCUT2D eigenvalue weighted by Crippen LogP contribution is 2.18. The van der Waals surface area contributed by atoms with Gasteiger partial charge in [0.15, 0.2) is 9.84 Å². The first-order valence-corrected chi connectivity index (χ1v) is 11.2. The maximum atomic E-state index is 12.6. The number of carbonyl (C=O) groups is 2. The zero-order chi connectivity index (χ0) is 22.4. The van der Waals surface area contributed by atoms with Crippen LogP contribution in [-0.4, -0.2) is 27.5 Å². The predicted octanol–water partition coefficient (Wildman–Crippen LogP) is 4.11. The summed E-state index contributed by atoms with van der Waals surface area (Å²) in [4.78, 5) is 24.0. The molecule has 0 atom stereocenters. The first-order valence-electron chi connectivity index (χ1n) is 9.51. The summed E-state index contributed by atoms with van der Waals surface area (Å²) in [6, 6.07) is 19.5. The average Bonchev–Trinajstić information content (AvgIpc) is 2.78. The van der Waals surface area contributed by atoms with Crippen LogP contribution in [0.25, 0.3) is 0 Å². The molecule has 0 bridgehead atoms. The van der Waals surface area contributed by atoms with Crippen LogP contribution in [0.5, 0.6) is 0 Å². The van der Waals surface area contributed by atoms with Gasteiger partial charge < -0.3 is 9.47 Å². The number of esters is 2. The topological polar surface area (TPSA) is 86.7 Å². The second kappa shape index (κ2) is 9.57. The highest BCUT2D eigenvalue weighted by atomic mass is 32.2. The Balaban J connectivity index is 1.59. The molecule has 0 amide bonds. The normalized spacial score (nSPS) is 11.0. The number of hydrogen-bond donors (Lipinski definition) is 0. The van der Waals surface area contributed by atoms with Gasteiger partial charge in [0.1, 0.15) is 6.61 Å². The zero-order valence-electron chi connectivity index (χ0n) is 17.2. The zero-order valence-corrected chi connectivity index (χ0v) is 18.0. The molecule has 160 valence electrons. The van der Waals surface area contributed by atoms with Crippen molar-refractivity contribution < 1.29 is 27.5 Å². The summed E-state index contributed by atoms with van der Waals surface area (Å²) in [5.41, 5.74) is 3.02. The molecule has 31 heavy (non-hydrogen) atoms. The van der Waals surface area contributed by atoms with E-state index >= 15 is 0 Å². The number of methoxy groups -OCH3 is 1. The Morgan fingerprint density at radius 3 is 1.81 bits per heavy atom. The van der Waals surface area contributed by atoms with Crippen molar-refractivity contribution in [2.45, 2.75) is 24.2 Å². The van der Waals surface area contributed by atoms with E-state index < -0.39 is 21.8 Å². The van der Waals surface area contributed by atoms with Crippen molar-refractivity contribution in [2.75, 3.05) is 7.11 Å². The van der Waals surface area contributed by atoms with Gasteiger partial charge in [0, 0.05) is 0 Å². The van der Waals surface area contributed by atoms with E-state index in [0.717, 1.165) is 11.1 Å². The van der Waals surface area contributed by atoms with Crippen molar-refractivity contribution in [1.82, 2.24) is 0 Å². The molecule has 0 aliphatic carbocycles. The van der Waals surface area contributed by atoms with Crippen LogP contribution in [0.15, 0.2) is 77.7 Å². The fourth-order valence-corrected chi connectivity index (χ4v) is 4.22. The lowest BCUT2D eigenvalue weighted by Crippen LogP contribution is -2.07. The van der Waals surface area contributed by atoms with Crippen molar-refractivity contribution in [2.24, 2.45) is 0 Å². The molecule has 7 heteroatoms. The molecule has 0 saturated carbocycles.